The lowest BCUT2D eigenvalue weighted by molar-refractivity contribution is -0.387. The number of carboxylic acid groups (broad SMARTS) is 1. The fourth-order valence-electron chi connectivity index (χ4n) is 16.2. The number of carbonyl (C=O) groups excluding carboxylic acids is 2. The summed E-state index contributed by atoms with van der Waals surface area (Å²) in [7, 11) is 0. The summed E-state index contributed by atoms with van der Waals surface area (Å²) in [5.41, 5.74) is -5.25. The quantitative estimate of drug-likeness (QED) is 0.0415. The molecule has 3 heterocycles. The number of aliphatic hydroxyl groups excluding tert-OH is 12. The van der Waals surface area contributed by atoms with Crippen molar-refractivity contribution in [3.63, 3.8) is 0 Å². The number of rotatable bonds is 15. The number of aliphatic carboxylic acids is 1. The number of carbonyl (C=O) groups is 3. The summed E-state index contributed by atoms with van der Waals surface area (Å²) in [6, 6.07) is 0. The van der Waals surface area contributed by atoms with Crippen LogP contribution in [0.5, 0.6) is 0 Å². The third kappa shape index (κ3) is 9.98. The number of hydrogen-bond acceptors (Lipinski definition) is 23. The van der Waals surface area contributed by atoms with Crippen LogP contribution in [0.15, 0.2) is 34.9 Å². The van der Waals surface area contributed by atoms with E-state index in [-0.39, 0.29) is 24.3 Å². The van der Waals surface area contributed by atoms with E-state index >= 15 is 0 Å². The van der Waals surface area contributed by atoms with Gasteiger partial charge in [-0.05, 0) is 94.8 Å². The molecule has 0 aromatic heterocycles. The number of carboxylic acids is 1. The van der Waals surface area contributed by atoms with Crippen LogP contribution in [0, 0.1) is 50.2 Å². The standard InChI is InChI=1S/C57H88O24/c1-11-24(3)47(72)80-44-45(81-48(73)25(4)12-2)57(23-61)27(19-52(44,5)6)26-13-14-31-53(7)17-16-32(54(8,22-60)30(53)15-18-55(31,9)56(26,10)42(68)43(57)69)76-51-41(79-50-37(66)35(64)33(62)28(20-58)74-50)39(38(67)40(78-51)46(70)71)77-49-36(65)34(63)29(21-59)75-49/h11-13,27-45,49-51,58-69H,14-23H2,1-10H3,(H,70,71)/b24-11-,25-12-/t27?,28-,29+,30?,31?,32+,33+,34+,35+,36-,37-,38+,39+,40+,41-,42+,43-,44+,45+,49+,50+,51-,53+,54-,55-,56+,57+/m1/s1. The molecule has 0 aromatic carbocycles. The van der Waals surface area contributed by atoms with Crippen LogP contribution in [0.2, 0.25) is 0 Å². The predicted octanol–water partition coefficient (Wildman–Crippen LogP) is -0.765. The van der Waals surface area contributed by atoms with Gasteiger partial charge in [0.1, 0.15) is 67.1 Å². The van der Waals surface area contributed by atoms with Crippen LogP contribution < -0.4 is 0 Å². The van der Waals surface area contributed by atoms with Crippen LogP contribution >= 0.6 is 0 Å². The zero-order valence-electron chi connectivity index (χ0n) is 47.8. The Hall–Kier alpha value is -3.09. The first-order valence-corrected chi connectivity index (χ1v) is 28.3. The molecule has 3 saturated heterocycles. The molecule has 5 aliphatic carbocycles. The van der Waals surface area contributed by atoms with Gasteiger partial charge in [0.15, 0.2) is 31.1 Å². The van der Waals surface area contributed by atoms with Gasteiger partial charge in [0.2, 0.25) is 0 Å². The Morgan fingerprint density at radius 1 is 0.630 bits per heavy atom. The Labute approximate surface area is 471 Å². The maximum atomic E-state index is 13.9. The minimum absolute atomic E-state index is 0.165. The second kappa shape index (κ2) is 23.3. The van der Waals surface area contributed by atoms with Crippen molar-refractivity contribution in [1.29, 1.82) is 0 Å². The van der Waals surface area contributed by atoms with Gasteiger partial charge >= 0.3 is 17.9 Å². The van der Waals surface area contributed by atoms with Crippen molar-refractivity contribution in [1.82, 2.24) is 0 Å². The summed E-state index contributed by atoms with van der Waals surface area (Å²) in [6.45, 7) is 15.3. The van der Waals surface area contributed by atoms with Gasteiger partial charge < -0.3 is 104 Å². The highest BCUT2D eigenvalue weighted by molar-refractivity contribution is 5.89. The number of esters is 2. The predicted molar refractivity (Wildman–Crippen MR) is 278 cm³/mol. The van der Waals surface area contributed by atoms with E-state index in [2.05, 4.69) is 19.9 Å². The van der Waals surface area contributed by atoms with Gasteiger partial charge in [0, 0.05) is 27.4 Å². The molecule has 0 bridgehead atoms. The molecular weight excluding hydrogens is 1070 g/mol. The maximum Gasteiger partial charge on any atom is 0.335 e. The molecule has 27 atom stereocenters. The first kappa shape index (κ1) is 63.9. The van der Waals surface area contributed by atoms with Gasteiger partial charge in [-0.25, -0.2) is 14.4 Å². The van der Waals surface area contributed by atoms with Crippen molar-refractivity contribution in [2.45, 2.75) is 224 Å². The Bertz CT molecular complexity index is 2410. The molecule has 0 aromatic rings. The highest BCUT2D eigenvalue weighted by Gasteiger charge is 2.77. The van der Waals surface area contributed by atoms with Crippen molar-refractivity contribution in [2.24, 2.45) is 50.2 Å². The van der Waals surface area contributed by atoms with E-state index < -0.39 is 205 Å². The van der Waals surface area contributed by atoms with Crippen molar-refractivity contribution in [3.05, 3.63) is 34.9 Å². The zero-order valence-corrected chi connectivity index (χ0v) is 47.8. The average molecular weight is 1160 g/mol. The van der Waals surface area contributed by atoms with Crippen molar-refractivity contribution >= 4 is 17.9 Å². The van der Waals surface area contributed by atoms with Crippen LogP contribution in [0.1, 0.15) is 108 Å². The average Bonchev–Trinajstić information content (AvgIpc) is 1.99. The second-order valence-electron chi connectivity index (χ2n) is 25.9. The van der Waals surface area contributed by atoms with E-state index in [0.29, 0.717) is 31.3 Å². The molecule has 8 rings (SSSR count). The molecule has 460 valence electrons. The lowest BCUT2D eigenvalue weighted by Crippen LogP contribution is -2.76. The minimum atomic E-state index is -2.18. The molecule has 24 nitrogen and oxygen atoms in total. The summed E-state index contributed by atoms with van der Waals surface area (Å²) < 4.78 is 48.8. The lowest BCUT2D eigenvalue weighted by Gasteiger charge is -2.73. The van der Waals surface area contributed by atoms with Crippen LogP contribution in [-0.4, -0.2) is 227 Å². The molecule has 3 aliphatic heterocycles. The van der Waals surface area contributed by atoms with Crippen molar-refractivity contribution < 1.29 is 119 Å². The number of ether oxygens (including phenoxy) is 8. The van der Waals surface area contributed by atoms with Crippen molar-refractivity contribution in [3.8, 4) is 0 Å². The van der Waals surface area contributed by atoms with Gasteiger partial charge in [-0.2, -0.15) is 0 Å². The van der Waals surface area contributed by atoms with Gasteiger partial charge in [0.05, 0.1) is 50.2 Å². The molecule has 81 heavy (non-hydrogen) atoms. The lowest BCUT2D eigenvalue weighted by atomic mass is 9.32. The van der Waals surface area contributed by atoms with Crippen molar-refractivity contribution in [2.75, 3.05) is 26.4 Å². The number of fused-ring (bicyclic) bond motifs is 7. The molecular formula is C57H88O24. The number of aliphatic hydroxyl groups is 12. The largest absolute Gasteiger partial charge is 0.479 e. The van der Waals surface area contributed by atoms with Gasteiger partial charge in [-0.1, -0.05) is 65.3 Å². The Kier molecular flexibility index (Phi) is 18.4. The third-order valence-corrected chi connectivity index (χ3v) is 21.5. The highest BCUT2D eigenvalue weighted by Crippen LogP contribution is 2.76. The van der Waals surface area contributed by atoms with Crippen LogP contribution in [0.3, 0.4) is 0 Å². The smallest absolute Gasteiger partial charge is 0.335 e. The summed E-state index contributed by atoms with van der Waals surface area (Å²) >= 11 is 0. The molecule has 7 fully saturated rings. The van der Waals surface area contributed by atoms with Gasteiger partial charge in [0.25, 0.3) is 0 Å². The molecule has 0 spiro atoms. The SMILES string of the molecule is C/C=C(/C)C(=O)O[C@H]1[C@H](OC(=O)/C(C)=C\C)[C@@]2(CO)C(CC1(C)C)C1=CCC3[C@@]4(C)CC[C@H](O[C@@H]5O[C@H](C(=O)O)[C@@H](O)[C@H](O[C@@H]6O[C@@H](CO)[C@H](O)[C@H]6O)[C@H]5O[C@@H]5O[C@H](CO)[C@H](O)[C@H](O)[C@H]5O)[C@](C)(CO)C4CC[C@@]3(C)[C@]1(C)[C@@H](O)[C@H]2O. The van der Waals surface area contributed by atoms with E-state index in [4.69, 9.17) is 37.9 Å². The topological polar surface area (TPSA) is 388 Å². The highest BCUT2D eigenvalue weighted by atomic mass is 16.8. The third-order valence-electron chi connectivity index (χ3n) is 21.5. The van der Waals surface area contributed by atoms with E-state index in [1.807, 2.05) is 27.7 Å². The summed E-state index contributed by atoms with van der Waals surface area (Å²) in [6.07, 6.45) is -25.7. The number of allylic oxidation sites excluding steroid dienone is 3. The van der Waals surface area contributed by atoms with Crippen LogP contribution in [0.4, 0.5) is 0 Å². The first-order chi connectivity index (χ1) is 37.9. The molecule has 0 radical (unpaired) electrons. The first-order valence-electron chi connectivity index (χ1n) is 28.3. The summed E-state index contributed by atoms with van der Waals surface area (Å²) in [5, 5.41) is 146. The summed E-state index contributed by atoms with van der Waals surface area (Å²) in [4.78, 5) is 40.4. The molecule has 3 unspecified atom stereocenters. The van der Waals surface area contributed by atoms with Gasteiger partial charge in [-0.15, -0.1) is 0 Å². The molecule has 8 aliphatic rings. The molecule has 13 N–H and O–H groups in total. The second-order valence-corrected chi connectivity index (χ2v) is 25.9. The Balaban J connectivity index is 1.15. The fourth-order valence-corrected chi connectivity index (χ4v) is 16.2. The fraction of sp³-hybridized carbons (Fsp3) is 0.842. The van der Waals surface area contributed by atoms with E-state index in [1.165, 1.54) is 0 Å². The van der Waals surface area contributed by atoms with E-state index in [0.717, 1.165) is 5.57 Å². The van der Waals surface area contributed by atoms with Crippen LogP contribution in [-0.2, 0) is 52.3 Å². The van der Waals surface area contributed by atoms with Gasteiger partial charge in [-0.3, -0.25) is 0 Å². The monoisotopic (exact) mass is 1160 g/mol. The number of hydrogen-bond donors (Lipinski definition) is 13. The van der Waals surface area contributed by atoms with E-state index in [1.54, 1.807) is 39.8 Å². The zero-order chi connectivity index (χ0) is 60.0. The summed E-state index contributed by atoms with van der Waals surface area (Å²) in [5.74, 6) is -4.48. The Morgan fingerprint density at radius 3 is 1.70 bits per heavy atom. The molecule has 24 heteroatoms. The normalized spacial score (nSPS) is 49.8. The molecule has 0 amide bonds. The molecule has 4 saturated carbocycles. The van der Waals surface area contributed by atoms with E-state index in [9.17, 15) is 80.8 Å². The maximum absolute atomic E-state index is 13.9. The minimum Gasteiger partial charge on any atom is -0.479 e. The van der Waals surface area contributed by atoms with Crippen LogP contribution in [0.25, 0.3) is 0 Å². The Morgan fingerprint density at radius 2 is 1.17 bits per heavy atom.